The van der Waals surface area contributed by atoms with Gasteiger partial charge in [-0.05, 0) is 37.6 Å². The number of carbonyl (C=O) groups is 1. The predicted molar refractivity (Wildman–Crippen MR) is 80.1 cm³/mol. The van der Waals surface area contributed by atoms with Crippen LogP contribution in [0.3, 0.4) is 0 Å². The Morgan fingerprint density at radius 1 is 1.50 bits per heavy atom. The Labute approximate surface area is 124 Å². The van der Waals surface area contributed by atoms with Crippen LogP contribution < -0.4 is 15.4 Å². The molecule has 1 aliphatic heterocycles. The van der Waals surface area contributed by atoms with Crippen LogP contribution in [0.25, 0.3) is 0 Å². The fraction of sp³-hybridized carbons (Fsp3) is 0.533. The lowest BCUT2D eigenvalue weighted by atomic mass is 9.95. The van der Waals surface area contributed by atoms with Crippen molar-refractivity contribution in [2.24, 2.45) is 5.92 Å². The minimum absolute atomic E-state index is 0.0378. The van der Waals surface area contributed by atoms with Gasteiger partial charge in [-0.25, -0.2) is 0 Å². The lowest BCUT2D eigenvalue weighted by Crippen LogP contribution is -2.48. The summed E-state index contributed by atoms with van der Waals surface area (Å²) >= 11 is 5.98. The number of carbonyl (C=O) groups excluding carboxylic acids is 1. The fourth-order valence-electron chi connectivity index (χ4n) is 2.32. The Hall–Kier alpha value is -1.26. The third kappa shape index (κ3) is 4.39. The van der Waals surface area contributed by atoms with Crippen molar-refractivity contribution >= 4 is 17.5 Å². The number of amides is 1. The van der Waals surface area contributed by atoms with Gasteiger partial charge in [0.2, 0.25) is 5.91 Å². The molecule has 0 bridgehead atoms. The van der Waals surface area contributed by atoms with Gasteiger partial charge in [0, 0.05) is 6.04 Å². The third-order valence-corrected chi connectivity index (χ3v) is 3.87. The number of piperidine rings is 1. The van der Waals surface area contributed by atoms with Gasteiger partial charge in [0.05, 0.1) is 18.1 Å². The van der Waals surface area contributed by atoms with Crippen molar-refractivity contribution in [1.29, 1.82) is 0 Å². The van der Waals surface area contributed by atoms with E-state index in [2.05, 4.69) is 17.6 Å². The molecule has 1 fully saturated rings. The molecule has 2 atom stereocenters. The molecule has 0 radical (unpaired) electrons. The molecular weight excluding hydrogens is 276 g/mol. The third-order valence-electron chi connectivity index (χ3n) is 3.56. The van der Waals surface area contributed by atoms with Gasteiger partial charge in [-0.3, -0.25) is 4.79 Å². The molecular formula is C15H21ClN2O2. The Bertz CT molecular complexity index is 453. The van der Waals surface area contributed by atoms with Crippen LogP contribution >= 0.6 is 11.6 Å². The summed E-state index contributed by atoms with van der Waals surface area (Å²) in [7, 11) is 0. The Morgan fingerprint density at radius 2 is 2.30 bits per heavy atom. The van der Waals surface area contributed by atoms with Crippen LogP contribution in [0.1, 0.15) is 19.8 Å². The van der Waals surface area contributed by atoms with Crippen molar-refractivity contribution in [3.05, 3.63) is 29.3 Å². The molecule has 1 aromatic carbocycles. The van der Waals surface area contributed by atoms with Gasteiger partial charge in [-0.15, -0.1) is 0 Å². The number of benzene rings is 1. The number of rotatable bonds is 5. The molecule has 1 aromatic rings. The van der Waals surface area contributed by atoms with Crippen LogP contribution in [0.15, 0.2) is 24.3 Å². The van der Waals surface area contributed by atoms with Crippen LogP contribution in [-0.4, -0.2) is 31.6 Å². The number of halogens is 1. The first kappa shape index (κ1) is 15.1. The zero-order valence-corrected chi connectivity index (χ0v) is 12.5. The summed E-state index contributed by atoms with van der Waals surface area (Å²) in [6.07, 6.45) is 1.33. The monoisotopic (exact) mass is 296 g/mol. The molecule has 1 saturated heterocycles. The van der Waals surface area contributed by atoms with E-state index >= 15 is 0 Å². The largest absolute Gasteiger partial charge is 0.491 e. The number of para-hydroxylation sites is 1. The highest BCUT2D eigenvalue weighted by molar-refractivity contribution is 6.32. The highest BCUT2D eigenvalue weighted by atomic mass is 35.5. The summed E-state index contributed by atoms with van der Waals surface area (Å²) in [6, 6.07) is 7.55. The van der Waals surface area contributed by atoms with E-state index < -0.39 is 0 Å². The lowest BCUT2D eigenvalue weighted by molar-refractivity contribution is -0.122. The Balaban J connectivity index is 1.71. The van der Waals surface area contributed by atoms with Crippen molar-refractivity contribution < 1.29 is 9.53 Å². The molecule has 2 rings (SSSR count). The summed E-state index contributed by atoms with van der Waals surface area (Å²) in [4.78, 5) is 11.9. The van der Waals surface area contributed by atoms with Crippen LogP contribution in [-0.2, 0) is 4.79 Å². The molecule has 0 aliphatic carbocycles. The molecule has 110 valence electrons. The van der Waals surface area contributed by atoms with Crippen molar-refractivity contribution in [3.8, 4) is 5.75 Å². The zero-order valence-electron chi connectivity index (χ0n) is 11.7. The second-order valence-corrected chi connectivity index (χ2v) is 5.58. The van der Waals surface area contributed by atoms with E-state index in [1.807, 2.05) is 12.1 Å². The lowest BCUT2D eigenvalue weighted by Gasteiger charge is -2.30. The predicted octanol–water partition coefficient (Wildman–Crippen LogP) is 2.22. The first-order valence-corrected chi connectivity index (χ1v) is 7.42. The highest BCUT2D eigenvalue weighted by Gasteiger charge is 2.22. The molecule has 1 amide bonds. The standard InChI is InChI=1S/C15H21ClN2O2/c1-11-10-17-8-6-13(11)18-15(19)7-9-20-14-5-3-2-4-12(14)16/h2-5,11,13,17H,6-10H2,1H3,(H,18,19). The second-order valence-electron chi connectivity index (χ2n) is 5.17. The van der Waals surface area contributed by atoms with Crippen molar-refractivity contribution in [2.75, 3.05) is 19.7 Å². The van der Waals surface area contributed by atoms with Crippen molar-refractivity contribution in [2.45, 2.75) is 25.8 Å². The fourth-order valence-corrected chi connectivity index (χ4v) is 2.51. The molecule has 1 aliphatic rings. The Morgan fingerprint density at radius 3 is 3.05 bits per heavy atom. The smallest absolute Gasteiger partial charge is 0.223 e. The maximum atomic E-state index is 11.9. The zero-order chi connectivity index (χ0) is 14.4. The number of hydrogen-bond acceptors (Lipinski definition) is 3. The van der Waals surface area contributed by atoms with Gasteiger partial charge in [0.15, 0.2) is 0 Å². The number of nitrogens with one attached hydrogen (secondary N) is 2. The molecule has 0 aromatic heterocycles. The summed E-state index contributed by atoms with van der Waals surface area (Å²) < 4.78 is 5.52. The molecule has 0 saturated carbocycles. The molecule has 1 heterocycles. The van der Waals surface area contributed by atoms with E-state index in [4.69, 9.17) is 16.3 Å². The molecule has 2 N–H and O–H groups in total. The maximum absolute atomic E-state index is 11.9. The summed E-state index contributed by atoms with van der Waals surface area (Å²) in [5.41, 5.74) is 0. The number of ether oxygens (including phenoxy) is 1. The van der Waals surface area contributed by atoms with E-state index in [1.165, 1.54) is 0 Å². The van der Waals surface area contributed by atoms with E-state index in [-0.39, 0.29) is 11.9 Å². The van der Waals surface area contributed by atoms with Crippen molar-refractivity contribution in [1.82, 2.24) is 10.6 Å². The van der Waals surface area contributed by atoms with Gasteiger partial charge in [0.1, 0.15) is 5.75 Å². The molecule has 2 unspecified atom stereocenters. The van der Waals surface area contributed by atoms with Crippen molar-refractivity contribution in [3.63, 3.8) is 0 Å². The van der Waals surface area contributed by atoms with E-state index in [0.717, 1.165) is 19.5 Å². The highest BCUT2D eigenvalue weighted by Crippen LogP contribution is 2.23. The minimum atomic E-state index is 0.0378. The normalized spacial score (nSPS) is 22.3. The molecule has 20 heavy (non-hydrogen) atoms. The second kappa shape index (κ2) is 7.50. The van der Waals surface area contributed by atoms with E-state index in [0.29, 0.717) is 29.7 Å². The van der Waals surface area contributed by atoms with Gasteiger partial charge in [-0.1, -0.05) is 30.7 Å². The number of hydrogen-bond donors (Lipinski definition) is 2. The summed E-state index contributed by atoms with van der Waals surface area (Å²) in [6.45, 7) is 4.42. The summed E-state index contributed by atoms with van der Waals surface area (Å²) in [5.74, 6) is 1.13. The Kier molecular flexibility index (Phi) is 5.68. The van der Waals surface area contributed by atoms with Gasteiger partial charge < -0.3 is 15.4 Å². The topological polar surface area (TPSA) is 50.4 Å². The van der Waals surface area contributed by atoms with Gasteiger partial charge in [0.25, 0.3) is 0 Å². The SMILES string of the molecule is CC1CNCCC1NC(=O)CCOc1ccccc1Cl. The molecule has 0 spiro atoms. The van der Waals surface area contributed by atoms with Gasteiger partial charge >= 0.3 is 0 Å². The molecule has 5 heteroatoms. The molecule has 4 nitrogen and oxygen atoms in total. The van der Waals surface area contributed by atoms with Crippen LogP contribution in [0.2, 0.25) is 5.02 Å². The van der Waals surface area contributed by atoms with Gasteiger partial charge in [-0.2, -0.15) is 0 Å². The van der Waals surface area contributed by atoms with E-state index in [1.54, 1.807) is 12.1 Å². The first-order valence-electron chi connectivity index (χ1n) is 7.04. The maximum Gasteiger partial charge on any atom is 0.223 e. The average molecular weight is 297 g/mol. The summed E-state index contributed by atoms with van der Waals surface area (Å²) in [5, 5.41) is 6.96. The van der Waals surface area contributed by atoms with Crippen LogP contribution in [0.4, 0.5) is 0 Å². The van der Waals surface area contributed by atoms with Crippen LogP contribution in [0, 0.1) is 5.92 Å². The first-order chi connectivity index (χ1) is 9.66. The quantitative estimate of drug-likeness (QED) is 0.876. The van der Waals surface area contributed by atoms with E-state index in [9.17, 15) is 4.79 Å². The minimum Gasteiger partial charge on any atom is -0.491 e. The average Bonchev–Trinajstić information content (AvgIpc) is 2.43. The van der Waals surface area contributed by atoms with Crippen LogP contribution in [0.5, 0.6) is 5.75 Å².